The highest BCUT2D eigenvalue weighted by Crippen LogP contribution is 2.22. The number of nitrogens with zero attached hydrogens (tertiary/aromatic N) is 3. The number of benzene rings is 2. The lowest BCUT2D eigenvalue weighted by Gasteiger charge is -2.13. The zero-order chi connectivity index (χ0) is 18.8. The van der Waals surface area contributed by atoms with Crippen molar-refractivity contribution in [2.45, 2.75) is 6.54 Å². The van der Waals surface area contributed by atoms with Gasteiger partial charge in [0.15, 0.2) is 0 Å². The first-order valence-corrected chi connectivity index (χ1v) is 8.93. The molecule has 5 nitrogen and oxygen atoms in total. The van der Waals surface area contributed by atoms with Gasteiger partial charge in [0.1, 0.15) is 11.6 Å². The molecule has 0 saturated heterocycles. The molecule has 0 amide bonds. The lowest BCUT2D eigenvalue weighted by atomic mass is 10.1. The fraction of sp³-hybridized carbons (Fsp3) is 0.0952. The van der Waals surface area contributed by atoms with Crippen LogP contribution in [-0.2, 0) is 6.54 Å². The maximum Gasteiger partial charge on any atom is 0.267 e. The molecule has 0 aliphatic carbocycles. The molecule has 4 aromatic rings. The third kappa shape index (κ3) is 3.35. The van der Waals surface area contributed by atoms with E-state index in [4.69, 9.17) is 16.6 Å². The van der Waals surface area contributed by atoms with Crippen molar-refractivity contribution in [1.82, 2.24) is 19.9 Å². The Hall–Kier alpha value is -3.02. The number of halogens is 1. The monoisotopic (exact) mass is 376 g/mol. The summed E-state index contributed by atoms with van der Waals surface area (Å²) in [6.07, 6.45) is 1.53. The second-order valence-corrected chi connectivity index (χ2v) is 6.59. The Morgan fingerprint density at radius 3 is 2.52 bits per heavy atom. The van der Waals surface area contributed by atoms with Gasteiger partial charge in [-0.05, 0) is 36.9 Å². The minimum atomic E-state index is -0.162. The zero-order valence-electron chi connectivity index (χ0n) is 14.7. The molecule has 2 heterocycles. The molecule has 0 atom stereocenters. The van der Waals surface area contributed by atoms with E-state index in [1.165, 1.54) is 10.8 Å². The number of aromatic nitrogens is 3. The highest BCUT2D eigenvalue weighted by atomic mass is 35.5. The molecule has 0 bridgehead atoms. The van der Waals surface area contributed by atoms with E-state index in [-0.39, 0.29) is 5.56 Å². The highest BCUT2D eigenvalue weighted by Gasteiger charge is 2.15. The lowest BCUT2D eigenvalue weighted by molar-refractivity contribution is 0.818. The van der Waals surface area contributed by atoms with E-state index in [0.717, 1.165) is 17.7 Å². The van der Waals surface area contributed by atoms with Crippen LogP contribution in [0, 0.1) is 0 Å². The van der Waals surface area contributed by atoms with Crippen LogP contribution in [0.15, 0.2) is 71.7 Å². The number of pyridine rings is 1. The molecule has 134 valence electrons. The molecule has 1 N–H and O–H groups in total. The Kier molecular flexibility index (Phi) is 4.71. The average molecular weight is 377 g/mol. The normalized spacial score (nSPS) is 11.0. The summed E-state index contributed by atoms with van der Waals surface area (Å²) < 4.78 is 1.53. The Labute approximate surface area is 161 Å². The van der Waals surface area contributed by atoms with Crippen molar-refractivity contribution in [3.63, 3.8) is 0 Å². The van der Waals surface area contributed by atoms with Crippen molar-refractivity contribution < 1.29 is 0 Å². The topological polar surface area (TPSA) is 59.8 Å². The van der Waals surface area contributed by atoms with Crippen LogP contribution in [0.1, 0.15) is 5.56 Å². The Bertz CT molecular complexity index is 1150. The Morgan fingerprint density at radius 2 is 1.81 bits per heavy atom. The van der Waals surface area contributed by atoms with Crippen LogP contribution in [0.25, 0.3) is 28.1 Å². The quantitative estimate of drug-likeness (QED) is 0.588. The molecule has 2 aromatic carbocycles. The second-order valence-electron chi connectivity index (χ2n) is 6.15. The van der Waals surface area contributed by atoms with Crippen LogP contribution in [-0.4, -0.2) is 21.6 Å². The standard InChI is InChI=1S/C21H17ClN4O/c1-23-12-14-6-8-15(9-7-14)20-25-18-5-3-2-4-17(18)21(27)26(20)19-11-10-16(22)13-24-19/h2-11,13,23H,12H2,1H3. The molecule has 4 rings (SSSR count). The van der Waals surface area contributed by atoms with Gasteiger partial charge in [-0.2, -0.15) is 0 Å². The van der Waals surface area contributed by atoms with Gasteiger partial charge in [-0.25, -0.2) is 14.5 Å². The van der Waals surface area contributed by atoms with Crippen LogP contribution in [0.3, 0.4) is 0 Å². The van der Waals surface area contributed by atoms with E-state index in [2.05, 4.69) is 10.3 Å². The predicted octanol–water partition coefficient (Wildman–Crippen LogP) is 3.82. The summed E-state index contributed by atoms with van der Waals surface area (Å²) in [4.78, 5) is 22.3. The number of para-hydroxylation sites is 1. The largest absolute Gasteiger partial charge is 0.316 e. The molecule has 0 unspecified atom stereocenters. The maximum absolute atomic E-state index is 13.2. The van der Waals surface area contributed by atoms with Gasteiger partial charge in [0.2, 0.25) is 0 Å². The van der Waals surface area contributed by atoms with E-state index in [1.807, 2.05) is 49.5 Å². The molecule has 27 heavy (non-hydrogen) atoms. The van der Waals surface area contributed by atoms with E-state index < -0.39 is 0 Å². The third-order valence-corrected chi connectivity index (χ3v) is 4.53. The van der Waals surface area contributed by atoms with Crippen LogP contribution in [0.2, 0.25) is 5.02 Å². The number of hydrogen-bond acceptors (Lipinski definition) is 4. The van der Waals surface area contributed by atoms with Crippen molar-refractivity contribution in [1.29, 1.82) is 0 Å². The first-order valence-electron chi connectivity index (χ1n) is 8.55. The Balaban J connectivity index is 1.99. The van der Waals surface area contributed by atoms with Gasteiger partial charge in [0.25, 0.3) is 5.56 Å². The summed E-state index contributed by atoms with van der Waals surface area (Å²) in [6.45, 7) is 0.775. The van der Waals surface area contributed by atoms with Gasteiger partial charge in [0.05, 0.1) is 15.9 Å². The minimum absolute atomic E-state index is 0.162. The third-order valence-electron chi connectivity index (χ3n) is 4.31. The maximum atomic E-state index is 13.2. The molecular weight excluding hydrogens is 360 g/mol. The molecule has 0 fully saturated rings. The lowest BCUT2D eigenvalue weighted by Crippen LogP contribution is -2.22. The van der Waals surface area contributed by atoms with Gasteiger partial charge in [-0.3, -0.25) is 4.79 Å². The summed E-state index contributed by atoms with van der Waals surface area (Å²) in [5, 5.41) is 4.18. The van der Waals surface area contributed by atoms with E-state index in [0.29, 0.717) is 27.6 Å². The highest BCUT2D eigenvalue weighted by molar-refractivity contribution is 6.30. The first kappa shape index (κ1) is 17.4. The van der Waals surface area contributed by atoms with E-state index in [9.17, 15) is 4.79 Å². The van der Waals surface area contributed by atoms with Crippen LogP contribution >= 0.6 is 11.6 Å². The summed E-state index contributed by atoms with van der Waals surface area (Å²) in [5.74, 6) is 1.03. The fourth-order valence-corrected chi connectivity index (χ4v) is 3.13. The van der Waals surface area contributed by atoms with Crippen molar-refractivity contribution in [2.24, 2.45) is 0 Å². The summed E-state index contributed by atoms with van der Waals surface area (Å²) in [6, 6.07) is 18.7. The van der Waals surface area contributed by atoms with E-state index in [1.54, 1.807) is 18.2 Å². The van der Waals surface area contributed by atoms with Gasteiger partial charge in [-0.1, -0.05) is 48.0 Å². The van der Waals surface area contributed by atoms with Gasteiger partial charge in [-0.15, -0.1) is 0 Å². The summed E-state index contributed by atoms with van der Waals surface area (Å²) in [7, 11) is 1.91. The number of nitrogens with one attached hydrogen (secondary N) is 1. The SMILES string of the molecule is CNCc1ccc(-c2nc3ccccc3c(=O)n2-c2ccc(Cl)cn2)cc1. The van der Waals surface area contributed by atoms with Crippen LogP contribution in [0.4, 0.5) is 0 Å². The smallest absolute Gasteiger partial charge is 0.267 e. The minimum Gasteiger partial charge on any atom is -0.316 e. The summed E-state index contributed by atoms with van der Waals surface area (Å²) >= 11 is 5.97. The molecule has 0 spiro atoms. The molecule has 6 heteroatoms. The van der Waals surface area contributed by atoms with Gasteiger partial charge < -0.3 is 5.32 Å². The van der Waals surface area contributed by atoms with Gasteiger partial charge in [0, 0.05) is 18.3 Å². The molecule has 0 aliphatic heterocycles. The molecule has 0 radical (unpaired) electrons. The van der Waals surface area contributed by atoms with E-state index >= 15 is 0 Å². The van der Waals surface area contributed by atoms with Crippen LogP contribution in [0.5, 0.6) is 0 Å². The van der Waals surface area contributed by atoms with Gasteiger partial charge >= 0.3 is 0 Å². The first-order chi connectivity index (χ1) is 13.2. The van der Waals surface area contributed by atoms with Crippen molar-refractivity contribution in [3.8, 4) is 17.2 Å². The van der Waals surface area contributed by atoms with Crippen molar-refractivity contribution in [2.75, 3.05) is 7.05 Å². The number of hydrogen-bond donors (Lipinski definition) is 1. The number of rotatable bonds is 4. The zero-order valence-corrected chi connectivity index (χ0v) is 15.4. The molecule has 0 aliphatic rings. The second kappa shape index (κ2) is 7.31. The van der Waals surface area contributed by atoms with Crippen molar-refractivity contribution >= 4 is 22.5 Å². The Morgan fingerprint density at radius 1 is 1.04 bits per heavy atom. The average Bonchev–Trinajstić information content (AvgIpc) is 2.70. The predicted molar refractivity (Wildman–Crippen MR) is 108 cm³/mol. The number of fused-ring (bicyclic) bond motifs is 1. The van der Waals surface area contributed by atoms with Crippen LogP contribution < -0.4 is 10.9 Å². The summed E-state index contributed by atoms with van der Waals surface area (Å²) in [5.41, 5.74) is 2.49. The molecule has 0 saturated carbocycles. The van der Waals surface area contributed by atoms with Crippen molar-refractivity contribution in [3.05, 3.63) is 87.8 Å². The molecular formula is C21H17ClN4O. The fourth-order valence-electron chi connectivity index (χ4n) is 3.01. The molecule has 2 aromatic heterocycles.